The van der Waals surface area contributed by atoms with E-state index in [1.165, 1.54) is 36.8 Å². The second-order valence-corrected chi connectivity index (χ2v) is 7.26. The molecule has 0 spiro atoms. The molecule has 0 aliphatic heterocycles. The quantitative estimate of drug-likeness (QED) is 0.517. The number of aromatic nitrogens is 2. The molecular formula is C22H16F4N4O3. The van der Waals surface area contributed by atoms with Gasteiger partial charge in [-0.05, 0) is 43.2 Å². The van der Waals surface area contributed by atoms with Crippen LogP contribution in [-0.2, 0) is 4.79 Å². The second-order valence-electron chi connectivity index (χ2n) is 7.26. The summed E-state index contributed by atoms with van der Waals surface area (Å²) in [5, 5.41) is 5.25. The van der Waals surface area contributed by atoms with Gasteiger partial charge in [-0.2, -0.15) is 0 Å². The highest BCUT2D eigenvalue weighted by atomic mass is 19.4. The van der Waals surface area contributed by atoms with Crippen molar-refractivity contribution >= 4 is 23.3 Å². The van der Waals surface area contributed by atoms with Gasteiger partial charge in [-0.25, -0.2) is 9.37 Å². The molecule has 0 saturated heterocycles. The maximum absolute atomic E-state index is 14.6. The van der Waals surface area contributed by atoms with Gasteiger partial charge >= 0.3 is 6.36 Å². The number of halogens is 4. The third-order valence-corrected chi connectivity index (χ3v) is 4.76. The van der Waals surface area contributed by atoms with Crippen molar-refractivity contribution in [3.63, 3.8) is 0 Å². The Morgan fingerprint density at radius 2 is 1.79 bits per heavy atom. The molecule has 0 unspecified atom stereocenters. The number of hydrogen-bond donors (Lipinski definition) is 2. The summed E-state index contributed by atoms with van der Waals surface area (Å²) >= 11 is 0. The minimum absolute atomic E-state index is 0.0370. The molecule has 0 radical (unpaired) electrons. The fourth-order valence-corrected chi connectivity index (χ4v) is 3.05. The topological polar surface area (TPSA) is 93.2 Å². The van der Waals surface area contributed by atoms with Crippen LogP contribution in [0.2, 0.25) is 0 Å². The zero-order valence-electron chi connectivity index (χ0n) is 16.8. The Bertz CT molecular complexity index is 1210. The van der Waals surface area contributed by atoms with Gasteiger partial charge in [0.2, 0.25) is 5.91 Å². The Labute approximate surface area is 184 Å². The molecule has 7 nitrogen and oxygen atoms in total. The van der Waals surface area contributed by atoms with Crippen LogP contribution >= 0.6 is 0 Å². The predicted molar refractivity (Wildman–Crippen MR) is 110 cm³/mol. The molecule has 4 rings (SSSR count). The molecule has 33 heavy (non-hydrogen) atoms. The molecule has 1 fully saturated rings. The maximum Gasteiger partial charge on any atom is 0.573 e. The van der Waals surface area contributed by atoms with Gasteiger partial charge in [0.25, 0.3) is 5.91 Å². The highest BCUT2D eigenvalue weighted by Gasteiger charge is 2.31. The Morgan fingerprint density at radius 1 is 1.00 bits per heavy atom. The van der Waals surface area contributed by atoms with Crippen LogP contribution < -0.4 is 15.4 Å². The lowest BCUT2D eigenvalue weighted by molar-refractivity contribution is -0.274. The van der Waals surface area contributed by atoms with Crippen molar-refractivity contribution in [1.82, 2.24) is 9.97 Å². The average molecular weight is 460 g/mol. The first kappa shape index (κ1) is 22.2. The number of benzene rings is 1. The highest BCUT2D eigenvalue weighted by Crippen LogP contribution is 2.33. The van der Waals surface area contributed by atoms with Gasteiger partial charge in [-0.1, -0.05) is 0 Å². The number of rotatable bonds is 6. The van der Waals surface area contributed by atoms with Crippen molar-refractivity contribution in [1.29, 1.82) is 0 Å². The summed E-state index contributed by atoms with van der Waals surface area (Å²) in [6.45, 7) is 0. The molecule has 0 atom stereocenters. The highest BCUT2D eigenvalue weighted by molar-refractivity contribution is 6.07. The van der Waals surface area contributed by atoms with E-state index in [4.69, 9.17) is 0 Å². The summed E-state index contributed by atoms with van der Waals surface area (Å²) < 4.78 is 55.4. The lowest BCUT2D eigenvalue weighted by atomic mass is 10.0. The number of carbonyl (C=O) groups is 2. The summed E-state index contributed by atoms with van der Waals surface area (Å²) in [5.74, 6) is -2.25. The normalized spacial score (nSPS) is 13.3. The Morgan fingerprint density at radius 3 is 2.48 bits per heavy atom. The van der Waals surface area contributed by atoms with E-state index >= 15 is 0 Å². The van der Waals surface area contributed by atoms with Crippen LogP contribution in [0.3, 0.4) is 0 Å². The minimum Gasteiger partial charge on any atom is -0.406 e. The van der Waals surface area contributed by atoms with Gasteiger partial charge in [0.1, 0.15) is 17.4 Å². The molecule has 1 aromatic carbocycles. The Hall–Kier alpha value is -4.02. The average Bonchev–Trinajstić information content (AvgIpc) is 3.59. The van der Waals surface area contributed by atoms with Gasteiger partial charge in [0.05, 0.1) is 11.9 Å². The number of alkyl halides is 3. The van der Waals surface area contributed by atoms with Gasteiger partial charge in [-0.3, -0.25) is 14.6 Å². The lowest BCUT2D eigenvalue weighted by Gasteiger charge is -2.13. The van der Waals surface area contributed by atoms with Gasteiger partial charge in [-0.15, -0.1) is 13.2 Å². The van der Waals surface area contributed by atoms with Gasteiger partial charge in [0.15, 0.2) is 0 Å². The monoisotopic (exact) mass is 460 g/mol. The summed E-state index contributed by atoms with van der Waals surface area (Å²) in [7, 11) is 0. The smallest absolute Gasteiger partial charge is 0.406 e. The summed E-state index contributed by atoms with van der Waals surface area (Å²) in [5.41, 5.74) is 0.451. The second kappa shape index (κ2) is 8.85. The first-order valence-corrected chi connectivity index (χ1v) is 9.77. The van der Waals surface area contributed by atoms with Crippen molar-refractivity contribution in [3.8, 4) is 16.9 Å². The van der Waals surface area contributed by atoms with E-state index in [-0.39, 0.29) is 40.0 Å². The number of carbonyl (C=O) groups excluding carboxylic acids is 2. The van der Waals surface area contributed by atoms with Crippen LogP contribution in [0.15, 0.2) is 55.0 Å². The van der Waals surface area contributed by atoms with Gasteiger partial charge < -0.3 is 15.4 Å². The van der Waals surface area contributed by atoms with Crippen LogP contribution in [0.25, 0.3) is 11.1 Å². The van der Waals surface area contributed by atoms with E-state index < -0.39 is 23.8 Å². The van der Waals surface area contributed by atoms with E-state index in [1.807, 2.05) is 0 Å². The largest absolute Gasteiger partial charge is 0.573 e. The number of amides is 2. The van der Waals surface area contributed by atoms with Gasteiger partial charge in [0, 0.05) is 41.1 Å². The first-order valence-electron chi connectivity index (χ1n) is 9.77. The summed E-state index contributed by atoms with van der Waals surface area (Å²) in [6, 6.07) is 6.92. The minimum atomic E-state index is -4.95. The van der Waals surface area contributed by atoms with Crippen molar-refractivity contribution in [3.05, 3.63) is 66.4 Å². The van der Waals surface area contributed by atoms with Crippen LogP contribution in [0.5, 0.6) is 5.75 Å². The maximum atomic E-state index is 14.6. The van der Waals surface area contributed by atoms with Crippen molar-refractivity contribution in [2.24, 2.45) is 5.92 Å². The SMILES string of the molecule is O=C(Nc1cnccc1-c1ccc(OC(F)(F)F)cc1F)c1ccnc(NC(=O)C2CC2)c1. The number of anilines is 2. The Balaban J connectivity index is 1.55. The van der Waals surface area contributed by atoms with E-state index in [0.717, 1.165) is 25.0 Å². The molecule has 11 heteroatoms. The van der Waals surface area contributed by atoms with E-state index in [9.17, 15) is 27.2 Å². The van der Waals surface area contributed by atoms with Crippen molar-refractivity contribution in [2.45, 2.75) is 19.2 Å². The molecule has 2 aromatic heterocycles. The predicted octanol–water partition coefficient (Wildman–Crippen LogP) is 4.78. The molecule has 1 aliphatic carbocycles. The number of ether oxygens (including phenoxy) is 1. The zero-order chi connectivity index (χ0) is 23.6. The molecule has 1 aliphatic rings. The molecule has 170 valence electrons. The fourth-order valence-electron chi connectivity index (χ4n) is 3.05. The molecule has 2 N–H and O–H groups in total. The lowest BCUT2D eigenvalue weighted by Crippen LogP contribution is -2.17. The van der Waals surface area contributed by atoms with E-state index in [1.54, 1.807) is 0 Å². The third kappa shape index (κ3) is 5.62. The van der Waals surface area contributed by atoms with E-state index in [2.05, 4.69) is 25.3 Å². The number of nitrogens with one attached hydrogen (secondary N) is 2. The number of hydrogen-bond acceptors (Lipinski definition) is 5. The van der Waals surface area contributed by atoms with Crippen molar-refractivity contribution in [2.75, 3.05) is 10.6 Å². The Kier molecular flexibility index (Phi) is 5.95. The molecule has 2 heterocycles. The standard InChI is InChI=1S/C22H16F4N4O3/c23-17-10-14(33-22(24,25)26)3-4-15(17)16-6-7-27-11-18(16)29-21(32)13-5-8-28-19(9-13)30-20(31)12-1-2-12/h3-12H,1-2H2,(H,29,32)(H,28,30,31). The molecule has 3 aromatic rings. The van der Waals surface area contributed by atoms with E-state index in [0.29, 0.717) is 6.07 Å². The third-order valence-electron chi connectivity index (χ3n) is 4.76. The molecule has 1 saturated carbocycles. The molecular weight excluding hydrogens is 444 g/mol. The zero-order valence-corrected chi connectivity index (χ0v) is 16.8. The molecule has 2 amide bonds. The van der Waals surface area contributed by atoms with Crippen molar-refractivity contribution < 1.29 is 31.9 Å². The van der Waals surface area contributed by atoms with Crippen LogP contribution in [0, 0.1) is 11.7 Å². The van der Waals surface area contributed by atoms with Crippen LogP contribution in [-0.4, -0.2) is 28.1 Å². The van der Waals surface area contributed by atoms with Crippen LogP contribution in [0.4, 0.5) is 29.1 Å². The first-order chi connectivity index (χ1) is 15.7. The molecule has 0 bridgehead atoms. The summed E-state index contributed by atoms with van der Waals surface area (Å²) in [6.07, 6.45) is 0.670. The number of nitrogens with zero attached hydrogens (tertiary/aromatic N) is 2. The van der Waals surface area contributed by atoms with Crippen LogP contribution in [0.1, 0.15) is 23.2 Å². The summed E-state index contributed by atoms with van der Waals surface area (Å²) in [4.78, 5) is 32.6. The fraction of sp³-hybridized carbons (Fsp3) is 0.182. The number of pyridine rings is 2.